The van der Waals surface area contributed by atoms with Crippen molar-refractivity contribution in [2.45, 2.75) is 40.7 Å². The summed E-state index contributed by atoms with van der Waals surface area (Å²) in [6.45, 7) is 10.2. The van der Waals surface area contributed by atoms with Gasteiger partial charge < -0.3 is 15.4 Å². The summed E-state index contributed by atoms with van der Waals surface area (Å²) in [7, 11) is 0. The molecular weight excluding hydrogens is 268 g/mol. The lowest BCUT2D eigenvalue weighted by atomic mass is 9.88. The van der Waals surface area contributed by atoms with Crippen molar-refractivity contribution >= 4 is 17.7 Å². The lowest BCUT2D eigenvalue weighted by Crippen LogP contribution is -2.43. The highest BCUT2D eigenvalue weighted by atomic mass is 16.5. The first-order chi connectivity index (χ1) is 9.74. The third-order valence-corrected chi connectivity index (χ3v) is 3.30. The van der Waals surface area contributed by atoms with E-state index in [-0.39, 0.29) is 23.5 Å². The molecule has 0 aliphatic heterocycles. The first-order valence-electron chi connectivity index (χ1n) is 7.08. The number of hydrogen-bond acceptors (Lipinski definition) is 3. The molecule has 0 radical (unpaired) electrons. The van der Waals surface area contributed by atoms with E-state index in [1.54, 1.807) is 31.2 Å². The number of ether oxygens (including phenoxy) is 1. The molecule has 5 nitrogen and oxygen atoms in total. The Balaban J connectivity index is 2.60. The number of esters is 1. The number of rotatable bonds is 4. The van der Waals surface area contributed by atoms with Gasteiger partial charge in [0.05, 0.1) is 12.2 Å². The Morgan fingerprint density at radius 3 is 2.24 bits per heavy atom. The molecule has 1 aromatic carbocycles. The summed E-state index contributed by atoms with van der Waals surface area (Å²) in [5.74, 6) is -0.366. The Hall–Kier alpha value is -2.04. The third kappa shape index (κ3) is 5.45. The Morgan fingerprint density at radius 2 is 1.76 bits per heavy atom. The van der Waals surface area contributed by atoms with Crippen LogP contribution >= 0.6 is 0 Å². The molecule has 2 amide bonds. The summed E-state index contributed by atoms with van der Waals surface area (Å²) in [6.07, 6.45) is 0. The molecule has 0 spiro atoms. The molecule has 1 rings (SSSR count). The topological polar surface area (TPSA) is 67.4 Å². The van der Waals surface area contributed by atoms with Gasteiger partial charge in [-0.1, -0.05) is 20.8 Å². The van der Waals surface area contributed by atoms with Crippen LogP contribution in [0.1, 0.15) is 45.0 Å². The van der Waals surface area contributed by atoms with Crippen molar-refractivity contribution in [2.24, 2.45) is 5.41 Å². The van der Waals surface area contributed by atoms with Gasteiger partial charge in [0.15, 0.2) is 0 Å². The smallest absolute Gasteiger partial charge is 0.338 e. The number of anilines is 1. The summed E-state index contributed by atoms with van der Waals surface area (Å²) in [5, 5.41) is 5.63. The second-order valence-electron chi connectivity index (χ2n) is 5.98. The molecule has 0 aliphatic rings. The van der Waals surface area contributed by atoms with Gasteiger partial charge in [-0.25, -0.2) is 9.59 Å². The third-order valence-electron chi connectivity index (χ3n) is 3.30. The van der Waals surface area contributed by atoms with Gasteiger partial charge in [-0.3, -0.25) is 0 Å². The minimum Gasteiger partial charge on any atom is -0.462 e. The van der Waals surface area contributed by atoms with Crippen LogP contribution in [-0.2, 0) is 4.74 Å². The monoisotopic (exact) mass is 292 g/mol. The van der Waals surface area contributed by atoms with Gasteiger partial charge in [-0.05, 0) is 43.5 Å². The molecule has 1 atom stereocenters. The average Bonchev–Trinajstić information content (AvgIpc) is 2.38. The van der Waals surface area contributed by atoms with Gasteiger partial charge in [-0.2, -0.15) is 0 Å². The molecule has 0 saturated carbocycles. The van der Waals surface area contributed by atoms with Crippen LogP contribution in [0, 0.1) is 5.41 Å². The summed E-state index contributed by atoms with van der Waals surface area (Å²) >= 11 is 0. The minimum absolute atomic E-state index is 0.00882. The molecule has 1 aromatic rings. The van der Waals surface area contributed by atoms with E-state index in [0.29, 0.717) is 17.9 Å². The van der Waals surface area contributed by atoms with Crippen molar-refractivity contribution in [3.05, 3.63) is 29.8 Å². The van der Waals surface area contributed by atoms with Crippen LogP contribution in [0.5, 0.6) is 0 Å². The van der Waals surface area contributed by atoms with E-state index in [4.69, 9.17) is 4.74 Å². The van der Waals surface area contributed by atoms with Crippen LogP contribution in [0.3, 0.4) is 0 Å². The highest BCUT2D eigenvalue weighted by Gasteiger charge is 2.21. The van der Waals surface area contributed by atoms with E-state index < -0.39 is 0 Å². The van der Waals surface area contributed by atoms with Gasteiger partial charge in [-0.15, -0.1) is 0 Å². The highest BCUT2D eigenvalue weighted by Crippen LogP contribution is 2.18. The standard InChI is InChI=1S/C16H24N2O3/c1-6-21-14(19)12-7-9-13(10-8-12)18-15(20)17-11(2)16(3,4)5/h7-11H,6H2,1-5H3,(H2,17,18,20). The first kappa shape index (κ1) is 17.0. The van der Waals surface area contributed by atoms with E-state index in [1.165, 1.54) is 0 Å². The Bertz CT molecular complexity index is 489. The molecule has 1 unspecified atom stereocenters. The lowest BCUT2D eigenvalue weighted by Gasteiger charge is -2.28. The number of nitrogens with one attached hydrogen (secondary N) is 2. The van der Waals surface area contributed by atoms with Crippen LogP contribution in [0.2, 0.25) is 0 Å². The molecule has 0 aromatic heterocycles. The Morgan fingerprint density at radius 1 is 1.19 bits per heavy atom. The molecule has 2 N–H and O–H groups in total. The largest absolute Gasteiger partial charge is 0.462 e. The van der Waals surface area contributed by atoms with E-state index in [9.17, 15) is 9.59 Å². The number of amides is 2. The minimum atomic E-state index is -0.366. The molecular formula is C16H24N2O3. The number of benzene rings is 1. The fraction of sp³-hybridized carbons (Fsp3) is 0.500. The normalized spacial score (nSPS) is 12.4. The van der Waals surface area contributed by atoms with Crippen LogP contribution < -0.4 is 10.6 Å². The second-order valence-corrected chi connectivity index (χ2v) is 5.98. The molecule has 0 fully saturated rings. The molecule has 5 heteroatoms. The van der Waals surface area contributed by atoms with Gasteiger partial charge in [0.1, 0.15) is 0 Å². The molecule has 0 aliphatic carbocycles. The van der Waals surface area contributed by atoms with Gasteiger partial charge in [0.2, 0.25) is 0 Å². The van der Waals surface area contributed by atoms with Gasteiger partial charge in [0, 0.05) is 11.7 Å². The molecule has 116 valence electrons. The van der Waals surface area contributed by atoms with Gasteiger partial charge in [0.25, 0.3) is 0 Å². The summed E-state index contributed by atoms with van der Waals surface area (Å²) in [5.41, 5.74) is 1.08. The summed E-state index contributed by atoms with van der Waals surface area (Å²) < 4.78 is 4.90. The summed E-state index contributed by atoms with van der Waals surface area (Å²) in [6, 6.07) is 6.38. The van der Waals surface area contributed by atoms with E-state index >= 15 is 0 Å². The van der Waals surface area contributed by atoms with Gasteiger partial charge >= 0.3 is 12.0 Å². The van der Waals surface area contributed by atoms with Crippen LogP contribution in [-0.4, -0.2) is 24.6 Å². The van der Waals surface area contributed by atoms with Crippen molar-refractivity contribution in [1.29, 1.82) is 0 Å². The molecule has 0 heterocycles. The quantitative estimate of drug-likeness (QED) is 0.836. The fourth-order valence-corrected chi connectivity index (χ4v) is 1.48. The van der Waals surface area contributed by atoms with Crippen molar-refractivity contribution in [2.75, 3.05) is 11.9 Å². The SMILES string of the molecule is CCOC(=O)c1ccc(NC(=O)NC(C)C(C)(C)C)cc1. The number of carbonyl (C=O) groups is 2. The summed E-state index contributed by atoms with van der Waals surface area (Å²) in [4.78, 5) is 23.4. The second kappa shape index (κ2) is 7.11. The maximum atomic E-state index is 11.9. The molecule has 0 saturated heterocycles. The zero-order valence-electron chi connectivity index (χ0n) is 13.3. The van der Waals surface area contributed by atoms with Crippen molar-refractivity contribution < 1.29 is 14.3 Å². The van der Waals surface area contributed by atoms with Crippen LogP contribution in [0.4, 0.5) is 10.5 Å². The van der Waals surface area contributed by atoms with E-state index in [0.717, 1.165) is 0 Å². The van der Waals surface area contributed by atoms with Crippen LogP contribution in [0.25, 0.3) is 0 Å². The Kier molecular flexibility index (Phi) is 5.76. The predicted octanol–water partition coefficient (Wildman–Crippen LogP) is 3.42. The fourth-order valence-electron chi connectivity index (χ4n) is 1.48. The van der Waals surface area contributed by atoms with E-state index in [2.05, 4.69) is 31.4 Å². The average molecular weight is 292 g/mol. The number of urea groups is 1. The first-order valence-corrected chi connectivity index (χ1v) is 7.08. The van der Waals surface area contributed by atoms with E-state index in [1.807, 2.05) is 6.92 Å². The highest BCUT2D eigenvalue weighted by molar-refractivity contribution is 5.92. The number of carbonyl (C=O) groups excluding carboxylic acids is 2. The predicted molar refractivity (Wildman–Crippen MR) is 83.5 cm³/mol. The zero-order valence-corrected chi connectivity index (χ0v) is 13.3. The maximum Gasteiger partial charge on any atom is 0.338 e. The molecule has 21 heavy (non-hydrogen) atoms. The van der Waals surface area contributed by atoms with Crippen LogP contribution in [0.15, 0.2) is 24.3 Å². The Labute approximate surface area is 126 Å². The maximum absolute atomic E-state index is 11.9. The lowest BCUT2D eigenvalue weighted by molar-refractivity contribution is 0.0526. The van der Waals surface area contributed by atoms with Crippen molar-refractivity contribution in [1.82, 2.24) is 5.32 Å². The van der Waals surface area contributed by atoms with Crippen molar-refractivity contribution in [3.63, 3.8) is 0 Å². The molecule has 0 bridgehead atoms. The zero-order chi connectivity index (χ0) is 16.0. The number of hydrogen-bond donors (Lipinski definition) is 2. The van der Waals surface area contributed by atoms with Crippen molar-refractivity contribution in [3.8, 4) is 0 Å².